The summed E-state index contributed by atoms with van der Waals surface area (Å²) < 4.78 is 25.5. The van der Waals surface area contributed by atoms with Gasteiger partial charge in [0, 0.05) is 31.6 Å². The summed E-state index contributed by atoms with van der Waals surface area (Å²) >= 11 is 0. The molecule has 0 aromatic carbocycles. The van der Waals surface area contributed by atoms with Gasteiger partial charge in [-0.25, -0.2) is 0 Å². The Labute approximate surface area is 262 Å². The molecule has 0 amide bonds. The Bertz CT molecular complexity index is 1210. The maximum absolute atomic E-state index is 15.0. The Kier molecular flexibility index (Phi) is 9.55. The lowest BCUT2D eigenvalue weighted by Gasteiger charge is -2.68. The zero-order chi connectivity index (χ0) is 33.0. The molecule has 0 spiro atoms. The number of esters is 2. The van der Waals surface area contributed by atoms with Gasteiger partial charge < -0.3 is 28.8 Å². The molecule has 11 heteroatoms. The average molecular weight is 637 g/mol. The van der Waals surface area contributed by atoms with Gasteiger partial charge in [0.15, 0.2) is 25.5 Å². The molecule has 3 fully saturated rings. The van der Waals surface area contributed by atoms with Crippen molar-refractivity contribution < 1.29 is 48.0 Å². The maximum Gasteiger partial charge on any atom is 0.306 e. The lowest BCUT2D eigenvalue weighted by atomic mass is 9.45. The number of ether oxygens (including phenoxy) is 3. The van der Waals surface area contributed by atoms with Crippen molar-refractivity contribution in [1.29, 1.82) is 0 Å². The van der Waals surface area contributed by atoms with Gasteiger partial charge >= 0.3 is 11.9 Å². The van der Waals surface area contributed by atoms with E-state index in [-0.39, 0.29) is 30.6 Å². The topological polar surface area (TPSA) is 146 Å². The van der Waals surface area contributed by atoms with E-state index in [2.05, 4.69) is 20.8 Å². The van der Waals surface area contributed by atoms with Crippen molar-refractivity contribution in [1.82, 2.24) is 0 Å². The van der Waals surface area contributed by atoms with Crippen LogP contribution in [-0.2, 0) is 37.8 Å². The number of aliphatic hydroxyl groups excluding tert-OH is 1. The van der Waals surface area contributed by atoms with E-state index in [9.17, 15) is 24.6 Å². The van der Waals surface area contributed by atoms with Crippen LogP contribution < -0.4 is 0 Å². The highest BCUT2D eigenvalue weighted by Gasteiger charge is 2.78. The first-order valence-electron chi connectivity index (χ1n) is 16.3. The molecule has 10 nitrogen and oxygen atoms in total. The molecule has 0 unspecified atom stereocenters. The summed E-state index contributed by atoms with van der Waals surface area (Å²) in [6.07, 6.45) is -3.57. The van der Waals surface area contributed by atoms with Crippen molar-refractivity contribution in [2.45, 2.75) is 148 Å². The highest BCUT2D eigenvalue weighted by Crippen LogP contribution is 2.64. The Morgan fingerprint density at radius 2 is 1.68 bits per heavy atom. The minimum Gasteiger partial charge on any atom is -0.459 e. The SMILES string of the molecule is CCCCC(=O)O[C@H]1[C@@H]2[C@]3(OC(C)=O)CO[C@@H]3C[C@H](O[Si](CC)(CC)CC)[C@@]2(C)C(=O)[C@H](O)C2=C(C)C(=O)C[C@]1(O)C2(C)C. The molecule has 0 aromatic heterocycles. The summed E-state index contributed by atoms with van der Waals surface area (Å²) in [5.74, 6) is -3.45. The Hall–Kier alpha value is -1.92. The number of hydrogen-bond acceptors (Lipinski definition) is 10. The first kappa shape index (κ1) is 34.9. The first-order chi connectivity index (χ1) is 20.5. The second kappa shape index (κ2) is 12.0. The minimum atomic E-state index is -2.40. The van der Waals surface area contributed by atoms with Crippen LogP contribution >= 0.6 is 0 Å². The fraction of sp³-hybridized carbons (Fsp3) is 0.818. The predicted molar refractivity (Wildman–Crippen MR) is 164 cm³/mol. The van der Waals surface area contributed by atoms with Crippen molar-refractivity contribution in [3.8, 4) is 0 Å². The number of rotatable bonds is 10. The number of aliphatic hydroxyl groups is 2. The number of ketones is 2. The first-order valence-corrected chi connectivity index (χ1v) is 18.9. The number of carbonyl (C=O) groups excluding carboxylic acids is 4. The van der Waals surface area contributed by atoms with E-state index in [1.54, 1.807) is 27.7 Å². The summed E-state index contributed by atoms with van der Waals surface area (Å²) in [5, 5.41) is 24.9. The van der Waals surface area contributed by atoms with Crippen LogP contribution in [0.5, 0.6) is 0 Å². The number of fused-ring (bicyclic) bond motifs is 5. The van der Waals surface area contributed by atoms with Gasteiger partial charge in [-0.05, 0) is 49.5 Å². The van der Waals surface area contributed by atoms with E-state index in [0.717, 1.165) is 24.6 Å². The van der Waals surface area contributed by atoms with E-state index in [4.69, 9.17) is 18.6 Å². The van der Waals surface area contributed by atoms with Gasteiger partial charge in [-0.3, -0.25) is 19.2 Å². The average Bonchev–Trinajstić information content (AvgIpc) is 2.96. The van der Waals surface area contributed by atoms with Gasteiger partial charge in [-0.15, -0.1) is 0 Å². The normalized spacial score (nSPS) is 38.1. The van der Waals surface area contributed by atoms with Crippen molar-refractivity contribution in [3.05, 3.63) is 11.1 Å². The fourth-order valence-electron chi connectivity index (χ4n) is 8.69. The molecule has 1 heterocycles. The summed E-state index contributed by atoms with van der Waals surface area (Å²) in [6.45, 7) is 15.9. The van der Waals surface area contributed by atoms with Crippen molar-refractivity contribution in [2.24, 2.45) is 16.7 Å². The summed E-state index contributed by atoms with van der Waals surface area (Å²) in [5.41, 5.74) is -6.17. The Morgan fingerprint density at radius 1 is 1.07 bits per heavy atom. The molecule has 1 aliphatic heterocycles. The number of allylic oxidation sites excluding steroid dienone is 1. The van der Waals surface area contributed by atoms with Gasteiger partial charge in [0.2, 0.25) is 0 Å². The smallest absolute Gasteiger partial charge is 0.306 e. The number of hydrogen-bond donors (Lipinski definition) is 2. The van der Waals surface area contributed by atoms with Gasteiger partial charge in [0.1, 0.15) is 23.9 Å². The standard InChI is InChI=1S/C33H52O10Si/c1-10-14-15-24(36)41-29-27-31(9,28(38)26(37)25-19(5)21(35)17-33(29,39)30(25,7)8)22(43-44(11-2,12-3)13-4)16-23-32(27,18-40-23)42-20(6)34/h22-23,26-27,29,37,39H,10-18H2,1-9H3/t22-,23+,26+,27-,29-,31+,32-,33+/m0/s1. The predicted octanol–water partition coefficient (Wildman–Crippen LogP) is 4.20. The molecule has 8 atom stereocenters. The van der Waals surface area contributed by atoms with Crippen LogP contribution in [0.1, 0.15) is 94.4 Å². The van der Waals surface area contributed by atoms with Gasteiger partial charge in [0.25, 0.3) is 0 Å². The highest BCUT2D eigenvalue weighted by atomic mass is 28.4. The zero-order valence-electron chi connectivity index (χ0n) is 27.9. The highest BCUT2D eigenvalue weighted by molar-refractivity contribution is 6.73. The quantitative estimate of drug-likeness (QED) is 0.264. The second-order valence-electron chi connectivity index (χ2n) is 14.2. The number of Topliss-reactive ketones (excluding diaryl/α,β-unsaturated/α-hetero) is 2. The summed E-state index contributed by atoms with van der Waals surface area (Å²) in [7, 11) is -2.40. The molecule has 2 saturated carbocycles. The Morgan fingerprint density at radius 3 is 2.18 bits per heavy atom. The van der Waals surface area contributed by atoms with Crippen molar-refractivity contribution >= 4 is 31.8 Å². The van der Waals surface area contributed by atoms with Gasteiger partial charge in [0.05, 0.1) is 24.0 Å². The molecule has 1 saturated heterocycles. The second-order valence-corrected chi connectivity index (χ2v) is 18.9. The van der Waals surface area contributed by atoms with Gasteiger partial charge in [-0.1, -0.05) is 48.0 Å². The monoisotopic (exact) mass is 636 g/mol. The molecular weight excluding hydrogens is 584 g/mol. The molecule has 248 valence electrons. The molecule has 4 rings (SSSR count). The van der Waals surface area contributed by atoms with E-state index in [1.165, 1.54) is 6.92 Å². The Balaban J connectivity index is 2.08. The molecule has 44 heavy (non-hydrogen) atoms. The van der Waals surface area contributed by atoms with Crippen molar-refractivity contribution in [2.75, 3.05) is 6.61 Å². The molecule has 0 radical (unpaired) electrons. The van der Waals surface area contributed by atoms with Crippen LogP contribution in [0.25, 0.3) is 0 Å². The summed E-state index contributed by atoms with van der Waals surface area (Å²) in [4.78, 5) is 54.8. The van der Waals surface area contributed by atoms with E-state index in [1.807, 2.05) is 6.92 Å². The molecule has 3 aliphatic carbocycles. The molecule has 0 aromatic rings. The van der Waals surface area contributed by atoms with Crippen LogP contribution in [0, 0.1) is 16.7 Å². The van der Waals surface area contributed by atoms with Crippen LogP contribution in [0.3, 0.4) is 0 Å². The molecule has 4 aliphatic rings. The molecule has 2 N–H and O–H groups in total. The van der Waals surface area contributed by atoms with Crippen LogP contribution in [0.4, 0.5) is 0 Å². The third kappa shape index (κ3) is 4.96. The largest absolute Gasteiger partial charge is 0.459 e. The van der Waals surface area contributed by atoms with Crippen LogP contribution in [0.2, 0.25) is 18.1 Å². The van der Waals surface area contributed by atoms with Crippen LogP contribution in [-0.4, -0.2) is 84.3 Å². The lowest BCUT2D eigenvalue weighted by Crippen LogP contribution is -2.82. The van der Waals surface area contributed by atoms with E-state index >= 15 is 4.79 Å². The molecular formula is C33H52O10Si. The van der Waals surface area contributed by atoms with Gasteiger partial charge in [-0.2, -0.15) is 0 Å². The fourth-order valence-corrected chi connectivity index (χ4v) is 11.6. The maximum atomic E-state index is 15.0. The minimum absolute atomic E-state index is 0.0666. The third-order valence-corrected chi connectivity index (χ3v) is 16.5. The van der Waals surface area contributed by atoms with Crippen molar-refractivity contribution in [3.63, 3.8) is 0 Å². The van der Waals surface area contributed by atoms with Crippen LogP contribution in [0.15, 0.2) is 11.1 Å². The zero-order valence-corrected chi connectivity index (χ0v) is 28.9. The molecule has 2 bridgehead atoms. The van der Waals surface area contributed by atoms with E-state index < -0.39 is 90.6 Å². The lowest BCUT2D eigenvalue weighted by molar-refractivity contribution is -0.344. The third-order valence-electron chi connectivity index (χ3n) is 11.8. The summed E-state index contributed by atoms with van der Waals surface area (Å²) in [6, 6.07) is 2.37. The van der Waals surface area contributed by atoms with E-state index in [0.29, 0.717) is 6.42 Å². The number of unbranched alkanes of at least 4 members (excludes halogenated alkanes) is 1. The number of carbonyl (C=O) groups is 4.